The normalized spacial score (nSPS) is 10.8. The maximum absolute atomic E-state index is 12.6. The third kappa shape index (κ3) is 6.09. The summed E-state index contributed by atoms with van der Waals surface area (Å²) in [5, 5.41) is 11.3. The molecule has 0 fully saturated rings. The molecule has 0 saturated carbocycles. The number of carboxylic acids is 1. The second kappa shape index (κ2) is 10.3. The van der Waals surface area contributed by atoms with Crippen LogP contribution in [0.4, 0.5) is 0 Å². The Morgan fingerprint density at radius 2 is 1.52 bits per heavy atom. The summed E-state index contributed by atoms with van der Waals surface area (Å²) in [6.07, 6.45) is -0.559. The Hall–Kier alpha value is -2.90. The molecule has 0 spiro atoms. The Morgan fingerprint density at radius 3 is 1.96 bits per heavy atom. The molecule has 1 amide bonds. The molecule has 2 N–H and O–H groups in total. The van der Waals surface area contributed by atoms with Crippen molar-refractivity contribution in [1.82, 2.24) is 5.32 Å². The fourth-order valence-electron chi connectivity index (χ4n) is 2.44. The average molecular weight is 379 g/mol. The molecule has 0 atom stereocenters. The van der Waals surface area contributed by atoms with Crippen molar-refractivity contribution >= 4 is 23.8 Å². The van der Waals surface area contributed by atoms with Crippen LogP contribution >= 0.6 is 0 Å². The minimum absolute atomic E-state index is 0.0146. The molecule has 0 unspecified atom stereocenters. The summed E-state index contributed by atoms with van der Waals surface area (Å²) in [5.74, 6) is -3.70. The molecule has 8 heteroatoms. The van der Waals surface area contributed by atoms with Gasteiger partial charge in [0, 0.05) is 12.0 Å². The number of carbonyl (C=O) groups is 4. The van der Waals surface area contributed by atoms with Crippen LogP contribution in [0.3, 0.4) is 0 Å². The monoisotopic (exact) mass is 379 g/mol. The molecule has 148 valence electrons. The average Bonchev–Trinajstić information content (AvgIpc) is 2.61. The van der Waals surface area contributed by atoms with E-state index in [1.54, 1.807) is 38.1 Å². The maximum Gasteiger partial charge on any atom is 0.343 e. The van der Waals surface area contributed by atoms with Crippen LogP contribution in [-0.4, -0.2) is 47.7 Å². The highest BCUT2D eigenvalue weighted by atomic mass is 16.6. The number of nitrogens with one attached hydrogen (secondary N) is 1. The molecule has 0 heterocycles. The van der Waals surface area contributed by atoms with Crippen molar-refractivity contribution in [1.29, 1.82) is 0 Å². The lowest BCUT2D eigenvalue weighted by molar-refractivity contribution is -0.166. The fourth-order valence-corrected chi connectivity index (χ4v) is 2.44. The number of rotatable bonds is 10. The smallest absolute Gasteiger partial charge is 0.343 e. The van der Waals surface area contributed by atoms with Crippen molar-refractivity contribution in [2.45, 2.75) is 45.6 Å². The molecule has 0 bridgehead atoms. The number of amides is 1. The van der Waals surface area contributed by atoms with Gasteiger partial charge in [-0.25, -0.2) is 9.59 Å². The first-order chi connectivity index (χ1) is 12.8. The minimum Gasteiger partial charge on any atom is -0.481 e. The molecule has 1 aromatic rings. The van der Waals surface area contributed by atoms with E-state index in [2.05, 4.69) is 5.32 Å². The third-order valence-electron chi connectivity index (χ3n) is 3.83. The van der Waals surface area contributed by atoms with E-state index in [-0.39, 0.29) is 38.0 Å². The molecule has 27 heavy (non-hydrogen) atoms. The minimum atomic E-state index is -2.11. The summed E-state index contributed by atoms with van der Waals surface area (Å²) in [4.78, 5) is 48.7. The third-order valence-corrected chi connectivity index (χ3v) is 3.83. The van der Waals surface area contributed by atoms with Gasteiger partial charge in [-0.2, -0.15) is 0 Å². The van der Waals surface area contributed by atoms with Gasteiger partial charge in [-0.1, -0.05) is 17.7 Å². The van der Waals surface area contributed by atoms with Gasteiger partial charge in [0.25, 0.3) is 5.91 Å². The van der Waals surface area contributed by atoms with Crippen LogP contribution in [0.2, 0.25) is 0 Å². The van der Waals surface area contributed by atoms with E-state index in [1.165, 1.54) is 0 Å². The van der Waals surface area contributed by atoms with Crippen LogP contribution < -0.4 is 5.32 Å². The predicted molar refractivity (Wildman–Crippen MR) is 96.1 cm³/mol. The lowest BCUT2D eigenvalue weighted by Crippen LogP contribution is -2.61. The lowest BCUT2D eigenvalue weighted by atomic mass is 9.91. The van der Waals surface area contributed by atoms with Crippen molar-refractivity contribution in [2.24, 2.45) is 0 Å². The molecule has 0 saturated heterocycles. The summed E-state index contributed by atoms with van der Waals surface area (Å²) < 4.78 is 9.97. The summed E-state index contributed by atoms with van der Waals surface area (Å²) in [6.45, 7) is 4.95. The standard InChI is InChI=1S/C19H25NO7/c1-4-26-17(24)19(18(25)27-5-2,12-6-7-15(21)22)20-16(23)14-10-8-13(3)9-11-14/h8-11H,4-7,12H2,1-3H3,(H,20,23)(H,21,22). The van der Waals surface area contributed by atoms with Crippen molar-refractivity contribution in [3.8, 4) is 0 Å². The van der Waals surface area contributed by atoms with Gasteiger partial charge in [-0.05, 0) is 45.7 Å². The van der Waals surface area contributed by atoms with E-state index >= 15 is 0 Å². The molecule has 0 aliphatic carbocycles. The number of aryl methyl sites for hydroxylation is 1. The van der Waals surface area contributed by atoms with Crippen LogP contribution in [0.5, 0.6) is 0 Å². The Morgan fingerprint density at radius 1 is 1.00 bits per heavy atom. The molecule has 1 rings (SSSR count). The first-order valence-electron chi connectivity index (χ1n) is 8.72. The van der Waals surface area contributed by atoms with Gasteiger partial charge in [0.05, 0.1) is 13.2 Å². The number of ether oxygens (including phenoxy) is 2. The van der Waals surface area contributed by atoms with E-state index in [4.69, 9.17) is 14.6 Å². The van der Waals surface area contributed by atoms with E-state index in [9.17, 15) is 19.2 Å². The summed E-state index contributed by atoms with van der Waals surface area (Å²) in [7, 11) is 0. The zero-order valence-electron chi connectivity index (χ0n) is 15.7. The first-order valence-corrected chi connectivity index (χ1v) is 8.72. The molecule has 8 nitrogen and oxygen atoms in total. The van der Waals surface area contributed by atoms with Gasteiger partial charge in [-0.15, -0.1) is 0 Å². The number of esters is 2. The Kier molecular flexibility index (Phi) is 8.44. The van der Waals surface area contributed by atoms with Crippen LogP contribution in [-0.2, 0) is 23.9 Å². The van der Waals surface area contributed by atoms with Crippen LogP contribution in [0.25, 0.3) is 0 Å². The van der Waals surface area contributed by atoms with Gasteiger partial charge in [-0.3, -0.25) is 9.59 Å². The largest absolute Gasteiger partial charge is 0.481 e. The number of hydrogen-bond donors (Lipinski definition) is 2. The molecule has 0 aromatic heterocycles. The SMILES string of the molecule is CCOC(=O)C(CCCC(=O)O)(NC(=O)c1ccc(C)cc1)C(=O)OCC. The van der Waals surface area contributed by atoms with Gasteiger partial charge in [0.2, 0.25) is 5.54 Å². The Labute approximate surface area is 157 Å². The zero-order chi connectivity index (χ0) is 20.4. The number of carbonyl (C=O) groups excluding carboxylic acids is 3. The first kappa shape index (κ1) is 22.1. The summed E-state index contributed by atoms with van der Waals surface area (Å²) >= 11 is 0. The number of benzene rings is 1. The van der Waals surface area contributed by atoms with Gasteiger partial charge in [0.15, 0.2) is 0 Å². The fraction of sp³-hybridized carbons (Fsp3) is 0.474. The van der Waals surface area contributed by atoms with Crippen LogP contribution in [0.1, 0.15) is 49.0 Å². The van der Waals surface area contributed by atoms with E-state index in [0.29, 0.717) is 0 Å². The number of carboxylic acid groups (broad SMARTS) is 1. The second-order valence-corrected chi connectivity index (χ2v) is 5.91. The maximum atomic E-state index is 12.6. The topological polar surface area (TPSA) is 119 Å². The molecule has 0 radical (unpaired) electrons. The molecular formula is C19H25NO7. The van der Waals surface area contributed by atoms with Crippen LogP contribution in [0.15, 0.2) is 24.3 Å². The molecule has 0 aliphatic rings. The van der Waals surface area contributed by atoms with Gasteiger partial charge in [0.1, 0.15) is 0 Å². The Balaban J connectivity index is 3.22. The van der Waals surface area contributed by atoms with Crippen LogP contribution in [0, 0.1) is 6.92 Å². The predicted octanol–water partition coefficient (Wildman–Crippen LogP) is 1.84. The van der Waals surface area contributed by atoms with Gasteiger partial charge >= 0.3 is 17.9 Å². The molecule has 0 aliphatic heterocycles. The highest BCUT2D eigenvalue weighted by Crippen LogP contribution is 2.21. The second-order valence-electron chi connectivity index (χ2n) is 5.91. The highest BCUT2D eigenvalue weighted by molar-refractivity contribution is 6.10. The van der Waals surface area contributed by atoms with Crippen molar-refractivity contribution in [2.75, 3.05) is 13.2 Å². The van der Waals surface area contributed by atoms with Crippen molar-refractivity contribution in [3.05, 3.63) is 35.4 Å². The number of aliphatic carboxylic acids is 1. The summed E-state index contributed by atoms with van der Waals surface area (Å²) in [5.41, 5.74) is -0.921. The lowest BCUT2D eigenvalue weighted by Gasteiger charge is -2.30. The van der Waals surface area contributed by atoms with E-state index < -0.39 is 29.4 Å². The Bertz CT molecular complexity index is 664. The molecule has 1 aromatic carbocycles. The van der Waals surface area contributed by atoms with Crippen molar-refractivity contribution < 1.29 is 33.8 Å². The van der Waals surface area contributed by atoms with E-state index in [0.717, 1.165) is 5.56 Å². The zero-order valence-corrected chi connectivity index (χ0v) is 15.7. The van der Waals surface area contributed by atoms with Crippen molar-refractivity contribution in [3.63, 3.8) is 0 Å². The highest BCUT2D eigenvalue weighted by Gasteiger charge is 2.50. The molecular weight excluding hydrogens is 354 g/mol. The quantitative estimate of drug-likeness (QED) is 0.470. The van der Waals surface area contributed by atoms with Gasteiger partial charge < -0.3 is 19.9 Å². The number of hydrogen-bond acceptors (Lipinski definition) is 6. The summed E-state index contributed by atoms with van der Waals surface area (Å²) in [6, 6.07) is 6.55. The van der Waals surface area contributed by atoms with E-state index in [1.807, 2.05) is 6.92 Å².